The first-order valence-electron chi connectivity index (χ1n) is 3.39. The van der Waals surface area contributed by atoms with Crippen molar-refractivity contribution >= 4 is 0 Å². The van der Waals surface area contributed by atoms with Crippen LogP contribution >= 0.6 is 0 Å². The Morgan fingerprint density at radius 1 is 1.62 bits per heavy atom. The minimum Gasteiger partial charge on any atom is -0.330 e. The molecular weight excluding hydrogens is 98.1 g/mol. The predicted octanol–water partition coefficient (Wildman–Crippen LogP) is 1.38. The molecule has 1 saturated carbocycles. The Labute approximate surface area is 51.3 Å². The Hall–Kier alpha value is -0.0400. The van der Waals surface area contributed by atoms with Crippen molar-refractivity contribution in [3.05, 3.63) is 0 Å². The first kappa shape index (κ1) is 6.09. The summed E-state index contributed by atoms with van der Waals surface area (Å²) in [6.45, 7) is 5.42. The molecule has 1 aliphatic carbocycles. The number of nitrogens with two attached hydrogens (primary N) is 1. The highest BCUT2D eigenvalue weighted by Crippen LogP contribution is 2.50. The molecule has 1 nitrogen and oxygen atoms in total. The van der Waals surface area contributed by atoms with Crippen LogP contribution in [0.2, 0.25) is 0 Å². The van der Waals surface area contributed by atoms with E-state index in [4.69, 9.17) is 5.73 Å². The average Bonchev–Trinajstić information content (AvgIpc) is 2.47. The first-order chi connectivity index (χ1) is 3.69. The summed E-state index contributed by atoms with van der Waals surface area (Å²) in [7, 11) is 0. The zero-order chi connectivity index (χ0) is 6.20. The summed E-state index contributed by atoms with van der Waals surface area (Å²) in [5, 5.41) is 0. The maximum absolute atomic E-state index is 5.50. The summed E-state index contributed by atoms with van der Waals surface area (Å²) in [6.07, 6.45) is 2.79. The van der Waals surface area contributed by atoms with E-state index in [-0.39, 0.29) is 0 Å². The fraction of sp³-hybridized carbons (Fsp3) is 1.00. The van der Waals surface area contributed by atoms with Gasteiger partial charge in [-0.2, -0.15) is 0 Å². The second-order valence-corrected chi connectivity index (χ2v) is 3.29. The first-order valence-corrected chi connectivity index (χ1v) is 3.39. The molecule has 2 N–H and O–H groups in total. The Bertz CT molecular complexity index is 84.4. The quantitative estimate of drug-likeness (QED) is 0.575. The summed E-state index contributed by atoms with van der Waals surface area (Å²) < 4.78 is 0. The third-order valence-corrected chi connectivity index (χ3v) is 2.58. The van der Waals surface area contributed by atoms with E-state index in [1.54, 1.807) is 0 Å². The lowest BCUT2D eigenvalue weighted by atomic mass is 9.93. The van der Waals surface area contributed by atoms with Crippen LogP contribution in [0.3, 0.4) is 0 Å². The molecular formula is C7H15N. The van der Waals surface area contributed by atoms with Crippen LogP contribution in [-0.2, 0) is 0 Å². The van der Waals surface area contributed by atoms with Crippen LogP contribution in [0.25, 0.3) is 0 Å². The maximum Gasteiger partial charge on any atom is -0.00463 e. The topological polar surface area (TPSA) is 26.0 Å². The maximum atomic E-state index is 5.50. The van der Waals surface area contributed by atoms with Gasteiger partial charge in [0, 0.05) is 0 Å². The molecule has 1 heteroatoms. The number of hydrogen-bond donors (Lipinski definition) is 1. The number of rotatable bonds is 2. The van der Waals surface area contributed by atoms with Crippen molar-refractivity contribution in [3.8, 4) is 0 Å². The lowest BCUT2D eigenvalue weighted by molar-refractivity contribution is 0.374. The van der Waals surface area contributed by atoms with Gasteiger partial charge in [0.15, 0.2) is 0 Å². The highest BCUT2D eigenvalue weighted by atomic mass is 14.6. The lowest BCUT2D eigenvalue weighted by Crippen LogP contribution is -2.18. The fourth-order valence-corrected chi connectivity index (χ4v) is 0.974. The summed E-state index contributed by atoms with van der Waals surface area (Å²) >= 11 is 0. The summed E-state index contributed by atoms with van der Waals surface area (Å²) in [5.74, 6) is 0.738. The van der Waals surface area contributed by atoms with Crippen LogP contribution in [0.4, 0.5) is 0 Å². The van der Waals surface area contributed by atoms with Crippen molar-refractivity contribution in [2.75, 3.05) is 6.54 Å². The second kappa shape index (κ2) is 1.73. The van der Waals surface area contributed by atoms with Gasteiger partial charge in [0.1, 0.15) is 0 Å². The molecule has 1 rings (SSSR count). The Balaban J connectivity index is 2.34. The van der Waals surface area contributed by atoms with Gasteiger partial charge >= 0.3 is 0 Å². The normalized spacial score (nSPS) is 27.4. The van der Waals surface area contributed by atoms with Gasteiger partial charge in [-0.05, 0) is 30.7 Å². The molecule has 1 fully saturated rings. The van der Waals surface area contributed by atoms with Crippen molar-refractivity contribution < 1.29 is 0 Å². The fourth-order valence-electron chi connectivity index (χ4n) is 0.974. The van der Waals surface area contributed by atoms with E-state index < -0.39 is 0 Å². The molecule has 0 unspecified atom stereocenters. The molecule has 0 amide bonds. The van der Waals surface area contributed by atoms with E-state index in [0.717, 1.165) is 12.5 Å². The second-order valence-electron chi connectivity index (χ2n) is 3.29. The summed E-state index contributed by atoms with van der Waals surface area (Å²) in [5.41, 5.74) is 6.13. The molecule has 0 bridgehead atoms. The van der Waals surface area contributed by atoms with Crippen LogP contribution in [0, 0.1) is 11.3 Å². The molecule has 0 saturated heterocycles. The molecule has 8 heavy (non-hydrogen) atoms. The predicted molar refractivity (Wildman–Crippen MR) is 35.6 cm³/mol. The highest BCUT2D eigenvalue weighted by molar-refractivity contribution is 4.92. The van der Waals surface area contributed by atoms with Gasteiger partial charge in [-0.3, -0.25) is 0 Å². The third-order valence-electron chi connectivity index (χ3n) is 2.58. The van der Waals surface area contributed by atoms with Crippen molar-refractivity contribution in [2.45, 2.75) is 26.7 Å². The Morgan fingerprint density at radius 3 is 2.25 bits per heavy atom. The van der Waals surface area contributed by atoms with Crippen LogP contribution in [-0.4, -0.2) is 6.54 Å². The van der Waals surface area contributed by atoms with E-state index in [9.17, 15) is 0 Å². The molecule has 0 spiro atoms. The van der Waals surface area contributed by atoms with Crippen LogP contribution in [0.15, 0.2) is 0 Å². The van der Waals surface area contributed by atoms with Crippen molar-refractivity contribution in [3.63, 3.8) is 0 Å². The average molecular weight is 113 g/mol. The van der Waals surface area contributed by atoms with E-state index in [1.807, 2.05) is 0 Å². The summed E-state index contributed by atoms with van der Waals surface area (Å²) in [4.78, 5) is 0. The summed E-state index contributed by atoms with van der Waals surface area (Å²) in [6, 6.07) is 0. The van der Waals surface area contributed by atoms with Gasteiger partial charge in [-0.25, -0.2) is 0 Å². The van der Waals surface area contributed by atoms with Crippen LogP contribution in [0.1, 0.15) is 26.7 Å². The number of hydrogen-bond acceptors (Lipinski definition) is 1. The zero-order valence-electron chi connectivity index (χ0n) is 5.78. The molecule has 1 atom stereocenters. The van der Waals surface area contributed by atoms with Crippen molar-refractivity contribution in [1.82, 2.24) is 0 Å². The van der Waals surface area contributed by atoms with Gasteiger partial charge in [0.05, 0.1) is 0 Å². The molecule has 1 aliphatic rings. The van der Waals surface area contributed by atoms with E-state index in [0.29, 0.717) is 5.41 Å². The van der Waals surface area contributed by atoms with Crippen LogP contribution in [0.5, 0.6) is 0 Å². The van der Waals surface area contributed by atoms with Crippen molar-refractivity contribution in [1.29, 1.82) is 0 Å². The SMILES string of the molecule is C[C@@H](CN)C1(C)CC1. The molecule has 0 aromatic heterocycles. The molecule has 0 aliphatic heterocycles. The van der Waals surface area contributed by atoms with Crippen LogP contribution < -0.4 is 5.73 Å². The van der Waals surface area contributed by atoms with Gasteiger partial charge in [0.25, 0.3) is 0 Å². The molecule has 48 valence electrons. The van der Waals surface area contributed by atoms with E-state index >= 15 is 0 Å². The molecule has 0 aromatic carbocycles. The molecule has 0 aromatic rings. The van der Waals surface area contributed by atoms with Crippen molar-refractivity contribution in [2.24, 2.45) is 17.1 Å². The smallest absolute Gasteiger partial charge is 0.00463 e. The minimum absolute atomic E-state index is 0.634. The minimum atomic E-state index is 0.634. The lowest BCUT2D eigenvalue weighted by Gasteiger charge is -2.14. The monoisotopic (exact) mass is 113 g/mol. The Kier molecular flexibility index (Phi) is 1.31. The zero-order valence-corrected chi connectivity index (χ0v) is 5.78. The highest BCUT2D eigenvalue weighted by Gasteiger charge is 2.41. The van der Waals surface area contributed by atoms with E-state index in [2.05, 4.69) is 13.8 Å². The third kappa shape index (κ3) is 0.873. The molecule has 0 radical (unpaired) electrons. The standard InChI is InChI=1S/C7H15N/c1-6(5-8)7(2)3-4-7/h6H,3-5,8H2,1-2H3/t6-/m0/s1. The molecule has 0 heterocycles. The Morgan fingerprint density at radius 2 is 2.12 bits per heavy atom. The largest absolute Gasteiger partial charge is 0.330 e. The van der Waals surface area contributed by atoms with Gasteiger partial charge < -0.3 is 5.73 Å². The van der Waals surface area contributed by atoms with E-state index in [1.165, 1.54) is 12.8 Å². The van der Waals surface area contributed by atoms with Gasteiger partial charge in [-0.15, -0.1) is 0 Å². The van der Waals surface area contributed by atoms with Gasteiger partial charge in [0.2, 0.25) is 0 Å². The van der Waals surface area contributed by atoms with Gasteiger partial charge in [-0.1, -0.05) is 13.8 Å².